The summed E-state index contributed by atoms with van der Waals surface area (Å²) >= 11 is 0. The van der Waals surface area contributed by atoms with Crippen LogP contribution in [-0.4, -0.2) is 27.6 Å². The highest BCUT2D eigenvalue weighted by Gasteiger charge is 2.34. The number of nitrogens with zero attached hydrogens (tertiary/aromatic N) is 2. The van der Waals surface area contributed by atoms with Gasteiger partial charge >= 0.3 is 5.97 Å². The number of rotatable bonds is 5. The standard InChI is InChI=1S/C14H21N3O2/c1-11-15-8-5-12(17-11)16-10-14(9-13(18)19)6-3-2-4-7-14/h5,8H,2-4,6-7,9-10H2,1H3,(H,18,19)(H,15,16,17). The van der Waals surface area contributed by atoms with Gasteiger partial charge in [0.25, 0.3) is 0 Å². The van der Waals surface area contributed by atoms with E-state index in [0.29, 0.717) is 6.54 Å². The van der Waals surface area contributed by atoms with Gasteiger partial charge in [-0.05, 0) is 31.2 Å². The highest BCUT2D eigenvalue weighted by Crippen LogP contribution is 2.39. The van der Waals surface area contributed by atoms with Gasteiger partial charge in [0.05, 0.1) is 6.42 Å². The van der Waals surface area contributed by atoms with E-state index in [-0.39, 0.29) is 11.8 Å². The minimum absolute atomic E-state index is 0.122. The minimum atomic E-state index is -0.706. The van der Waals surface area contributed by atoms with E-state index in [1.807, 2.05) is 13.0 Å². The molecule has 5 nitrogen and oxygen atoms in total. The molecule has 0 radical (unpaired) electrons. The van der Waals surface area contributed by atoms with Gasteiger partial charge in [-0.1, -0.05) is 19.3 Å². The topological polar surface area (TPSA) is 75.1 Å². The van der Waals surface area contributed by atoms with Gasteiger partial charge in [-0.15, -0.1) is 0 Å². The maximum atomic E-state index is 11.1. The summed E-state index contributed by atoms with van der Waals surface area (Å²) in [6.07, 6.45) is 7.38. The number of carboxylic acids is 1. The average Bonchev–Trinajstić information content (AvgIpc) is 2.37. The van der Waals surface area contributed by atoms with Crippen molar-refractivity contribution in [2.24, 2.45) is 5.41 Å². The van der Waals surface area contributed by atoms with Crippen molar-refractivity contribution in [3.63, 3.8) is 0 Å². The quantitative estimate of drug-likeness (QED) is 0.854. The Kier molecular flexibility index (Phi) is 4.35. The summed E-state index contributed by atoms with van der Waals surface area (Å²) in [6.45, 7) is 2.52. The molecule has 2 rings (SSSR count). The third kappa shape index (κ3) is 3.91. The summed E-state index contributed by atoms with van der Waals surface area (Å²) < 4.78 is 0. The number of aryl methyl sites for hydroxylation is 1. The van der Waals surface area contributed by atoms with E-state index in [4.69, 9.17) is 5.11 Å². The molecule has 1 aromatic heterocycles. The molecular weight excluding hydrogens is 242 g/mol. The Labute approximate surface area is 113 Å². The first kappa shape index (κ1) is 13.8. The molecule has 0 spiro atoms. The number of nitrogens with one attached hydrogen (secondary N) is 1. The van der Waals surface area contributed by atoms with Crippen molar-refractivity contribution in [3.8, 4) is 0 Å². The first-order chi connectivity index (χ1) is 9.10. The second kappa shape index (κ2) is 5.99. The number of carboxylic acid groups (broad SMARTS) is 1. The van der Waals surface area contributed by atoms with Gasteiger partial charge in [0.15, 0.2) is 0 Å². The predicted octanol–water partition coefficient (Wildman–Crippen LogP) is 2.62. The Hall–Kier alpha value is -1.65. The molecule has 1 saturated carbocycles. The third-order valence-electron chi connectivity index (χ3n) is 3.86. The molecule has 5 heteroatoms. The van der Waals surface area contributed by atoms with Gasteiger partial charge in [0, 0.05) is 12.7 Å². The van der Waals surface area contributed by atoms with Crippen molar-refractivity contribution in [1.29, 1.82) is 0 Å². The molecular formula is C14H21N3O2. The molecule has 1 heterocycles. The van der Waals surface area contributed by atoms with Crippen LogP contribution in [-0.2, 0) is 4.79 Å². The number of hydrogen-bond acceptors (Lipinski definition) is 4. The van der Waals surface area contributed by atoms with E-state index in [9.17, 15) is 4.79 Å². The maximum absolute atomic E-state index is 11.1. The zero-order valence-electron chi connectivity index (χ0n) is 11.4. The van der Waals surface area contributed by atoms with Crippen LogP contribution >= 0.6 is 0 Å². The van der Waals surface area contributed by atoms with Crippen LogP contribution < -0.4 is 5.32 Å². The zero-order valence-corrected chi connectivity index (χ0v) is 11.4. The minimum Gasteiger partial charge on any atom is -0.481 e. The van der Waals surface area contributed by atoms with Crippen LogP contribution in [0.3, 0.4) is 0 Å². The molecule has 0 unspecified atom stereocenters. The summed E-state index contributed by atoms with van der Waals surface area (Å²) in [5.74, 6) is 0.798. The molecule has 1 aromatic rings. The van der Waals surface area contributed by atoms with Crippen molar-refractivity contribution in [2.75, 3.05) is 11.9 Å². The van der Waals surface area contributed by atoms with Crippen molar-refractivity contribution in [2.45, 2.75) is 45.4 Å². The van der Waals surface area contributed by atoms with Crippen LogP contribution in [0.15, 0.2) is 12.3 Å². The Morgan fingerprint density at radius 2 is 2.16 bits per heavy atom. The predicted molar refractivity (Wildman–Crippen MR) is 73.0 cm³/mol. The van der Waals surface area contributed by atoms with Gasteiger partial charge in [0.2, 0.25) is 0 Å². The Morgan fingerprint density at radius 3 is 2.79 bits per heavy atom. The molecule has 0 aliphatic heterocycles. The first-order valence-corrected chi connectivity index (χ1v) is 6.85. The Balaban J connectivity index is 2.01. The lowest BCUT2D eigenvalue weighted by Crippen LogP contribution is -2.34. The largest absolute Gasteiger partial charge is 0.481 e. The summed E-state index contributed by atoms with van der Waals surface area (Å²) in [7, 11) is 0. The van der Waals surface area contributed by atoms with Crippen LogP contribution in [0, 0.1) is 12.3 Å². The van der Waals surface area contributed by atoms with Crippen LogP contribution in [0.2, 0.25) is 0 Å². The third-order valence-corrected chi connectivity index (χ3v) is 3.86. The molecule has 104 valence electrons. The SMILES string of the molecule is Cc1nccc(NCC2(CC(=O)O)CCCCC2)n1. The molecule has 0 saturated heterocycles. The van der Waals surface area contributed by atoms with Crippen molar-refractivity contribution in [3.05, 3.63) is 18.1 Å². The van der Waals surface area contributed by atoms with Crippen LogP contribution in [0.1, 0.15) is 44.3 Å². The molecule has 0 bridgehead atoms. The fourth-order valence-corrected chi connectivity index (χ4v) is 2.87. The molecule has 0 atom stereocenters. The van der Waals surface area contributed by atoms with E-state index in [1.165, 1.54) is 6.42 Å². The van der Waals surface area contributed by atoms with E-state index in [2.05, 4.69) is 15.3 Å². The van der Waals surface area contributed by atoms with Crippen LogP contribution in [0.5, 0.6) is 0 Å². The fraction of sp³-hybridized carbons (Fsp3) is 0.643. The van der Waals surface area contributed by atoms with Crippen molar-refractivity contribution < 1.29 is 9.90 Å². The number of anilines is 1. The summed E-state index contributed by atoms with van der Waals surface area (Å²) in [5.41, 5.74) is -0.122. The van der Waals surface area contributed by atoms with Crippen LogP contribution in [0.4, 0.5) is 5.82 Å². The summed E-state index contributed by atoms with van der Waals surface area (Å²) in [5, 5.41) is 12.4. The second-order valence-corrected chi connectivity index (χ2v) is 5.47. The lowest BCUT2D eigenvalue weighted by Gasteiger charge is -2.36. The van der Waals surface area contributed by atoms with E-state index < -0.39 is 5.97 Å². The van der Waals surface area contributed by atoms with Gasteiger partial charge in [-0.2, -0.15) is 0 Å². The molecule has 0 amide bonds. The normalized spacial score (nSPS) is 17.9. The molecule has 1 aliphatic carbocycles. The summed E-state index contributed by atoms with van der Waals surface area (Å²) in [4.78, 5) is 19.4. The molecule has 1 aliphatic rings. The zero-order chi connectivity index (χ0) is 13.7. The molecule has 0 aromatic carbocycles. The van der Waals surface area contributed by atoms with Crippen LogP contribution in [0.25, 0.3) is 0 Å². The number of hydrogen-bond donors (Lipinski definition) is 2. The average molecular weight is 263 g/mol. The fourth-order valence-electron chi connectivity index (χ4n) is 2.87. The number of carbonyl (C=O) groups is 1. The number of aromatic nitrogens is 2. The Bertz CT molecular complexity index is 442. The molecule has 1 fully saturated rings. The first-order valence-electron chi connectivity index (χ1n) is 6.85. The summed E-state index contributed by atoms with van der Waals surface area (Å²) in [6, 6.07) is 1.82. The van der Waals surface area contributed by atoms with Gasteiger partial charge in [-0.25, -0.2) is 9.97 Å². The van der Waals surface area contributed by atoms with Gasteiger partial charge in [-0.3, -0.25) is 4.79 Å². The smallest absolute Gasteiger partial charge is 0.303 e. The van der Waals surface area contributed by atoms with E-state index >= 15 is 0 Å². The second-order valence-electron chi connectivity index (χ2n) is 5.47. The molecule has 2 N–H and O–H groups in total. The van der Waals surface area contributed by atoms with E-state index in [0.717, 1.165) is 37.3 Å². The lowest BCUT2D eigenvalue weighted by molar-refractivity contribution is -0.140. The van der Waals surface area contributed by atoms with Crippen molar-refractivity contribution in [1.82, 2.24) is 9.97 Å². The maximum Gasteiger partial charge on any atom is 0.303 e. The number of aliphatic carboxylic acids is 1. The van der Waals surface area contributed by atoms with E-state index in [1.54, 1.807) is 6.20 Å². The highest BCUT2D eigenvalue weighted by atomic mass is 16.4. The lowest BCUT2D eigenvalue weighted by atomic mass is 9.72. The monoisotopic (exact) mass is 263 g/mol. The Morgan fingerprint density at radius 1 is 1.42 bits per heavy atom. The van der Waals surface area contributed by atoms with Gasteiger partial charge < -0.3 is 10.4 Å². The van der Waals surface area contributed by atoms with Crippen molar-refractivity contribution >= 4 is 11.8 Å². The highest BCUT2D eigenvalue weighted by molar-refractivity contribution is 5.67. The molecule has 19 heavy (non-hydrogen) atoms. The van der Waals surface area contributed by atoms with Gasteiger partial charge in [0.1, 0.15) is 11.6 Å².